The molecule has 3 aromatic rings. The van der Waals surface area contributed by atoms with Crippen LogP contribution in [0.4, 0.5) is 11.4 Å². The monoisotopic (exact) mass is 383 g/mol. The lowest BCUT2D eigenvalue weighted by molar-refractivity contribution is 0.102. The van der Waals surface area contributed by atoms with Crippen molar-refractivity contribution >= 4 is 23.2 Å². The van der Waals surface area contributed by atoms with Crippen molar-refractivity contribution in [2.24, 2.45) is 0 Å². The summed E-state index contributed by atoms with van der Waals surface area (Å²) in [7, 11) is 0. The molecule has 0 atom stereocenters. The minimum absolute atomic E-state index is 0.268. The summed E-state index contributed by atoms with van der Waals surface area (Å²) in [5.41, 5.74) is 4.60. The van der Waals surface area contributed by atoms with Gasteiger partial charge in [0, 0.05) is 22.5 Å². The fourth-order valence-electron chi connectivity index (χ4n) is 3.06. The van der Waals surface area contributed by atoms with E-state index in [0.29, 0.717) is 22.4 Å². The molecule has 0 saturated heterocycles. The molecule has 29 heavy (non-hydrogen) atoms. The van der Waals surface area contributed by atoms with Gasteiger partial charge >= 0.3 is 0 Å². The SMILES string of the molecule is CCc1cccc(C)c1NC(=O)c1cccc(C(=O)Nc2cccc(C#N)c2)c1. The van der Waals surface area contributed by atoms with Gasteiger partial charge in [-0.05, 0) is 60.9 Å². The number of hydrogen-bond donors (Lipinski definition) is 2. The van der Waals surface area contributed by atoms with Crippen LogP contribution < -0.4 is 10.6 Å². The number of carbonyl (C=O) groups excluding carboxylic acids is 2. The molecule has 0 heterocycles. The van der Waals surface area contributed by atoms with E-state index < -0.39 is 0 Å². The van der Waals surface area contributed by atoms with E-state index in [0.717, 1.165) is 23.2 Å². The molecule has 5 heteroatoms. The Bertz CT molecular complexity index is 1110. The van der Waals surface area contributed by atoms with Crippen LogP contribution in [0.2, 0.25) is 0 Å². The van der Waals surface area contributed by atoms with E-state index in [1.165, 1.54) is 0 Å². The molecule has 0 fully saturated rings. The Morgan fingerprint density at radius 3 is 2.24 bits per heavy atom. The second-order valence-corrected chi connectivity index (χ2v) is 6.64. The maximum atomic E-state index is 12.8. The van der Waals surface area contributed by atoms with Gasteiger partial charge in [0.2, 0.25) is 0 Å². The van der Waals surface area contributed by atoms with Gasteiger partial charge in [-0.2, -0.15) is 5.26 Å². The van der Waals surface area contributed by atoms with Gasteiger partial charge in [-0.25, -0.2) is 0 Å². The number of aryl methyl sites for hydroxylation is 2. The average Bonchev–Trinajstić information content (AvgIpc) is 2.75. The summed E-state index contributed by atoms with van der Waals surface area (Å²) < 4.78 is 0. The number of anilines is 2. The van der Waals surface area contributed by atoms with Crippen LogP contribution in [-0.2, 0) is 6.42 Å². The molecule has 2 amide bonds. The molecule has 144 valence electrons. The van der Waals surface area contributed by atoms with E-state index in [-0.39, 0.29) is 11.8 Å². The molecule has 0 spiro atoms. The first kappa shape index (κ1) is 19.8. The van der Waals surface area contributed by atoms with Crippen molar-refractivity contribution < 1.29 is 9.59 Å². The van der Waals surface area contributed by atoms with Crippen LogP contribution in [0.25, 0.3) is 0 Å². The van der Waals surface area contributed by atoms with Crippen LogP contribution >= 0.6 is 0 Å². The quantitative estimate of drug-likeness (QED) is 0.655. The number of benzene rings is 3. The molecule has 5 nitrogen and oxygen atoms in total. The maximum absolute atomic E-state index is 12.8. The number of amides is 2. The Kier molecular flexibility index (Phi) is 6.06. The van der Waals surface area contributed by atoms with E-state index in [9.17, 15) is 9.59 Å². The van der Waals surface area contributed by atoms with Crippen molar-refractivity contribution in [2.45, 2.75) is 20.3 Å². The summed E-state index contributed by atoms with van der Waals surface area (Å²) in [5, 5.41) is 14.7. The summed E-state index contributed by atoms with van der Waals surface area (Å²) in [4.78, 5) is 25.3. The van der Waals surface area contributed by atoms with Crippen molar-refractivity contribution in [1.82, 2.24) is 0 Å². The molecular weight excluding hydrogens is 362 g/mol. The fourth-order valence-corrected chi connectivity index (χ4v) is 3.06. The molecule has 0 aliphatic heterocycles. The maximum Gasteiger partial charge on any atom is 0.255 e. The number of nitriles is 1. The standard InChI is InChI=1S/C24H21N3O2/c1-3-18-9-4-7-16(2)22(18)27-24(29)20-11-6-10-19(14-20)23(28)26-21-12-5-8-17(13-21)15-25/h4-14H,3H2,1-2H3,(H,26,28)(H,27,29). The Morgan fingerprint density at radius 2 is 1.55 bits per heavy atom. The van der Waals surface area contributed by atoms with Gasteiger partial charge in [-0.1, -0.05) is 37.3 Å². The Balaban J connectivity index is 1.79. The first-order valence-electron chi connectivity index (χ1n) is 9.33. The van der Waals surface area contributed by atoms with E-state index >= 15 is 0 Å². The molecular formula is C24H21N3O2. The molecule has 0 aliphatic rings. The lowest BCUT2D eigenvalue weighted by Gasteiger charge is -2.13. The average molecular weight is 383 g/mol. The van der Waals surface area contributed by atoms with E-state index in [2.05, 4.69) is 10.6 Å². The third kappa shape index (κ3) is 4.69. The van der Waals surface area contributed by atoms with Crippen molar-refractivity contribution in [3.8, 4) is 6.07 Å². The van der Waals surface area contributed by atoms with E-state index in [4.69, 9.17) is 5.26 Å². The molecule has 3 aromatic carbocycles. The first-order valence-corrected chi connectivity index (χ1v) is 9.33. The topological polar surface area (TPSA) is 82.0 Å². The summed E-state index contributed by atoms with van der Waals surface area (Å²) in [6.45, 7) is 3.99. The molecule has 0 aliphatic carbocycles. The molecule has 0 bridgehead atoms. The Hall–Kier alpha value is -3.91. The third-order valence-electron chi connectivity index (χ3n) is 4.62. The van der Waals surface area contributed by atoms with Crippen molar-refractivity contribution in [3.63, 3.8) is 0 Å². The highest BCUT2D eigenvalue weighted by Gasteiger charge is 2.13. The number of para-hydroxylation sites is 1. The van der Waals surface area contributed by atoms with Crippen LogP contribution in [0.5, 0.6) is 0 Å². The number of hydrogen-bond acceptors (Lipinski definition) is 3. The van der Waals surface area contributed by atoms with Crippen molar-refractivity contribution in [3.05, 3.63) is 94.5 Å². The molecule has 0 unspecified atom stereocenters. The molecule has 0 saturated carbocycles. The van der Waals surface area contributed by atoms with Gasteiger partial charge in [0.15, 0.2) is 0 Å². The van der Waals surface area contributed by atoms with E-state index in [1.54, 1.807) is 48.5 Å². The van der Waals surface area contributed by atoms with Crippen LogP contribution in [0.1, 0.15) is 44.3 Å². The predicted octanol–water partition coefficient (Wildman–Crippen LogP) is 4.93. The summed E-state index contributed by atoms with van der Waals surface area (Å²) >= 11 is 0. The summed E-state index contributed by atoms with van der Waals surface area (Å²) in [5.74, 6) is -0.616. The number of carbonyl (C=O) groups is 2. The molecule has 2 N–H and O–H groups in total. The summed E-state index contributed by atoms with van der Waals surface area (Å²) in [6.07, 6.45) is 0.807. The lowest BCUT2D eigenvalue weighted by atomic mass is 10.0. The van der Waals surface area contributed by atoms with Crippen LogP contribution in [0.3, 0.4) is 0 Å². The van der Waals surface area contributed by atoms with Gasteiger partial charge in [-0.3, -0.25) is 9.59 Å². The van der Waals surface area contributed by atoms with Crippen LogP contribution in [0, 0.1) is 18.3 Å². The minimum atomic E-state index is -0.347. The van der Waals surface area contributed by atoms with Crippen molar-refractivity contribution in [1.29, 1.82) is 5.26 Å². The third-order valence-corrected chi connectivity index (χ3v) is 4.62. The number of nitrogens with one attached hydrogen (secondary N) is 2. The molecule has 3 rings (SSSR count). The first-order chi connectivity index (χ1) is 14.0. The largest absolute Gasteiger partial charge is 0.322 e. The van der Waals surface area contributed by atoms with Crippen LogP contribution in [0.15, 0.2) is 66.7 Å². The van der Waals surface area contributed by atoms with Gasteiger partial charge in [-0.15, -0.1) is 0 Å². The zero-order chi connectivity index (χ0) is 20.8. The molecule has 0 aromatic heterocycles. The molecule has 0 radical (unpaired) electrons. The van der Waals surface area contributed by atoms with Crippen molar-refractivity contribution in [2.75, 3.05) is 10.6 Å². The van der Waals surface area contributed by atoms with Gasteiger partial charge in [0.25, 0.3) is 11.8 Å². The summed E-state index contributed by atoms with van der Waals surface area (Å²) in [6, 6.07) is 21.2. The van der Waals surface area contributed by atoms with Gasteiger partial charge < -0.3 is 10.6 Å². The zero-order valence-electron chi connectivity index (χ0n) is 16.3. The highest BCUT2D eigenvalue weighted by atomic mass is 16.2. The minimum Gasteiger partial charge on any atom is -0.322 e. The highest BCUT2D eigenvalue weighted by molar-refractivity contribution is 6.09. The second kappa shape index (κ2) is 8.85. The van der Waals surface area contributed by atoms with E-state index in [1.807, 2.05) is 38.1 Å². The Morgan fingerprint density at radius 1 is 0.897 bits per heavy atom. The van der Waals surface area contributed by atoms with Gasteiger partial charge in [0.05, 0.1) is 11.6 Å². The lowest BCUT2D eigenvalue weighted by Crippen LogP contribution is -2.16. The normalized spacial score (nSPS) is 10.1. The number of rotatable bonds is 5. The highest BCUT2D eigenvalue weighted by Crippen LogP contribution is 2.22. The fraction of sp³-hybridized carbons (Fsp3) is 0.125. The number of nitrogens with zero attached hydrogens (tertiary/aromatic N) is 1. The van der Waals surface area contributed by atoms with Gasteiger partial charge in [0.1, 0.15) is 0 Å². The Labute approximate surface area is 170 Å². The smallest absolute Gasteiger partial charge is 0.255 e. The zero-order valence-corrected chi connectivity index (χ0v) is 16.3. The van der Waals surface area contributed by atoms with Crippen LogP contribution in [-0.4, -0.2) is 11.8 Å². The predicted molar refractivity (Wildman–Crippen MR) is 114 cm³/mol. The second-order valence-electron chi connectivity index (χ2n) is 6.64.